The number of nitrogens with zero attached hydrogens (tertiary/aromatic N) is 1. The number of amides is 3. The zero-order valence-electron chi connectivity index (χ0n) is 16.3. The van der Waals surface area contributed by atoms with E-state index >= 15 is 0 Å². The molecule has 1 heterocycles. The van der Waals surface area contributed by atoms with Crippen LogP contribution in [0.25, 0.3) is 0 Å². The van der Waals surface area contributed by atoms with Gasteiger partial charge in [0.2, 0.25) is 0 Å². The molecule has 0 spiro atoms. The lowest BCUT2D eigenvalue weighted by molar-refractivity contribution is 0.0647. The van der Waals surface area contributed by atoms with Crippen LogP contribution in [0.2, 0.25) is 0 Å². The van der Waals surface area contributed by atoms with Crippen molar-refractivity contribution in [2.24, 2.45) is 5.92 Å². The molecule has 0 unspecified atom stereocenters. The average Bonchev–Trinajstić information content (AvgIpc) is 2.91. The first-order valence-electron chi connectivity index (χ1n) is 9.45. The normalized spacial score (nSPS) is 13.1. The van der Waals surface area contributed by atoms with Gasteiger partial charge in [0.1, 0.15) is 5.75 Å². The van der Waals surface area contributed by atoms with E-state index in [4.69, 9.17) is 4.74 Å². The van der Waals surface area contributed by atoms with E-state index in [2.05, 4.69) is 5.32 Å². The molecule has 28 heavy (non-hydrogen) atoms. The largest absolute Gasteiger partial charge is 0.492 e. The molecule has 0 saturated carbocycles. The van der Waals surface area contributed by atoms with Crippen molar-refractivity contribution >= 4 is 23.4 Å². The van der Waals surface area contributed by atoms with Gasteiger partial charge in [0.05, 0.1) is 23.4 Å². The SMILES string of the molecule is CCOc1ccccc1NC(=O)c1ccc2c(c1)C(=O)N(CCC(C)C)C2=O. The van der Waals surface area contributed by atoms with E-state index in [1.165, 1.54) is 11.0 Å². The van der Waals surface area contributed by atoms with Gasteiger partial charge in [0.25, 0.3) is 17.7 Å². The number of hydrogen-bond acceptors (Lipinski definition) is 4. The molecular weight excluding hydrogens is 356 g/mol. The fraction of sp³-hybridized carbons (Fsp3) is 0.318. The summed E-state index contributed by atoms with van der Waals surface area (Å²) in [5, 5.41) is 2.81. The second kappa shape index (κ2) is 8.25. The van der Waals surface area contributed by atoms with Crippen molar-refractivity contribution in [1.29, 1.82) is 0 Å². The van der Waals surface area contributed by atoms with Gasteiger partial charge >= 0.3 is 0 Å². The van der Waals surface area contributed by atoms with Gasteiger partial charge in [0, 0.05) is 12.1 Å². The maximum absolute atomic E-state index is 12.7. The van der Waals surface area contributed by atoms with Gasteiger partial charge in [-0.15, -0.1) is 0 Å². The molecule has 3 amide bonds. The number of nitrogens with one attached hydrogen (secondary N) is 1. The molecule has 0 aliphatic carbocycles. The van der Waals surface area contributed by atoms with Crippen LogP contribution in [0.5, 0.6) is 5.75 Å². The molecule has 0 radical (unpaired) electrons. The van der Waals surface area contributed by atoms with E-state index in [0.29, 0.717) is 41.6 Å². The smallest absolute Gasteiger partial charge is 0.261 e. The summed E-state index contributed by atoms with van der Waals surface area (Å²) in [5.41, 5.74) is 1.49. The summed E-state index contributed by atoms with van der Waals surface area (Å²) >= 11 is 0. The van der Waals surface area contributed by atoms with Crippen molar-refractivity contribution < 1.29 is 19.1 Å². The van der Waals surface area contributed by atoms with Gasteiger partial charge in [-0.2, -0.15) is 0 Å². The lowest BCUT2D eigenvalue weighted by Crippen LogP contribution is -2.31. The van der Waals surface area contributed by atoms with Gasteiger partial charge in [-0.05, 0) is 49.6 Å². The Bertz CT molecular complexity index is 921. The van der Waals surface area contributed by atoms with Crippen LogP contribution in [0.1, 0.15) is 58.3 Å². The number of carbonyl (C=O) groups excluding carboxylic acids is 3. The van der Waals surface area contributed by atoms with E-state index < -0.39 is 0 Å². The predicted molar refractivity (Wildman–Crippen MR) is 107 cm³/mol. The average molecular weight is 380 g/mol. The maximum Gasteiger partial charge on any atom is 0.261 e. The maximum atomic E-state index is 12.7. The van der Waals surface area contributed by atoms with Crippen LogP contribution < -0.4 is 10.1 Å². The van der Waals surface area contributed by atoms with E-state index in [9.17, 15) is 14.4 Å². The predicted octanol–water partition coefficient (Wildman–Crippen LogP) is 3.98. The zero-order chi connectivity index (χ0) is 20.3. The minimum absolute atomic E-state index is 0.277. The number of hydrogen-bond donors (Lipinski definition) is 1. The first-order valence-corrected chi connectivity index (χ1v) is 9.45. The monoisotopic (exact) mass is 380 g/mol. The van der Waals surface area contributed by atoms with Gasteiger partial charge in [-0.3, -0.25) is 19.3 Å². The minimum atomic E-state index is -0.365. The topological polar surface area (TPSA) is 75.7 Å². The number of anilines is 1. The molecule has 1 N–H and O–H groups in total. The van der Waals surface area contributed by atoms with Crippen LogP contribution in [0.4, 0.5) is 5.69 Å². The van der Waals surface area contributed by atoms with Crippen molar-refractivity contribution in [1.82, 2.24) is 4.90 Å². The molecule has 2 aromatic carbocycles. The zero-order valence-corrected chi connectivity index (χ0v) is 16.3. The summed E-state index contributed by atoms with van der Waals surface area (Å²) in [6.07, 6.45) is 0.743. The van der Waals surface area contributed by atoms with Crippen LogP contribution >= 0.6 is 0 Å². The molecule has 1 aliphatic heterocycles. The molecule has 0 saturated heterocycles. The summed E-state index contributed by atoms with van der Waals surface area (Å²) in [7, 11) is 0. The van der Waals surface area contributed by atoms with Gasteiger partial charge < -0.3 is 10.1 Å². The standard InChI is InChI=1S/C22H24N2O4/c1-4-28-19-8-6-5-7-18(19)23-20(25)15-9-10-16-17(13-15)22(27)24(21(16)26)12-11-14(2)3/h5-10,13-14H,4,11-12H2,1-3H3,(H,23,25). The van der Waals surface area contributed by atoms with Crippen LogP contribution in [0, 0.1) is 5.92 Å². The molecule has 0 bridgehead atoms. The quantitative estimate of drug-likeness (QED) is 0.737. The fourth-order valence-corrected chi connectivity index (χ4v) is 3.07. The number of para-hydroxylation sites is 2. The Kier molecular flexibility index (Phi) is 5.78. The van der Waals surface area contributed by atoms with E-state index in [1.807, 2.05) is 26.8 Å². The Labute approximate surface area is 164 Å². The third-order valence-electron chi connectivity index (χ3n) is 4.60. The first kappa shape index (κ1) is 19.6. The van der Waals surface area contributed by atoms with Crippen molar-refractivity contribution in [2.45, 2.75) is 27.2 Å². The lowest BCUT2D eigenvalue weighted by Gasteiger charge is -2.14. The van der Waals surface area contributed by atoms with Gasteiger partial charge in [-0.1, -0.05) is 26.0 Å². The summed E-state index contributed by atoms with van der Waals surface area (Å²) in [6, 6.07) is 11.8. The fourth-order valence-electron chi connectivity index (χ4n) is 3.07. The number of carbonyl (C=O) groups is 3. The highest BCUT2D eigenvalue weighted by Crippen LogP contribution is 2.27. The Hall–Kier alpha value is -3.15. The molecule has 6 nitrogen and oxygen atoms in total. The minimum Gasteiger partial charge on any atom is -0.492 e. The van der Waals surface area contributed by atoms with Crippen molar-refractivity contribution in [3.05, 3.63) is 59.2 Å². The summed E-state index contributed by atoms with van der Waals surface area (Å²) in [4.78, 5) is 39.1. The molecule has 3 rings (SSSR count). The van der Waals surface area contributed by atoms with E-state index in [0.717, 1.165) is 6.42 Å². The Balaban J connectivity index is 1.81. The highest BCUT2D eigenvalue weighted by atomic mass is 16.5. The number of fused-ring (bicyclic) bond motifs is 1. The first-order chi connectivity index (χ1) is 13.4. The molecule has 6 heteroatoms. The van der Waals surface area contributed by atoms with Gasteiger partial charge in [0.15, 0.2) is 0 Å². The molecule has 1 aliphatic rings. The van der Waals surface area contributed by atoms with Crippen molar-refractivity contribution in [3.63, 3.8) is 0 Å². The van der Waals surface area contributed by atoms with Gasteiger partial charge in [-0.25, -0.2) is 0 Å². The molecular formula is C22H24N2O4. The third kappa shape index (κ3) is 3.91. The molecule has 146 valence electrons. The van der Waals surface area contributed by atoms with Crippen molar-refractivity contribution in [2.75, 3.05) is 18.5 Å². The highest BCUT2D eigenvalue weighted by molar-refractivity contribution is 6.22. The third-order valence-corrected chi connectivity index (χ3v) is 4.60. The van der Waals surface area contributed by atoms with Crippen LogP contribution in [-0.2, 0) is 0 Å². The van der Waals surface area contributed by atoms with E-state index in [-0.39, 0.29) is 23.3 Å². The number of ether oxygens (including phenoxy) is 1. The second-order valence-electron chi connectivity index (χ2n) is 7.09. The summed E-state index contributed by atoms with van der Waals surface area (Å²) in [5.74, 6) is -0.0446. The Morgan fingerprint density at radius 1 is 1.07 bits per heavy atom. The van der Waals surface area contributed by atoms with E-state index in [1.54, 1.807) is 30.3 Å². The molecule has 0 fully saturated rings. The summed E-state index contributed by atoms with van der Waals surface area (Å²) in [6.45, 7) is 6.82. The Morgan fingerprint density at radius 3 is 2.50 bits per heavy atom. The highest BCUT2D eigenvalue weighted by Gasteiger charge is 2.35. The number of benzene rings is 2. The lowest BCUT2D eigenvalue weighted by atomic mass is 10.1. The van der Waals surface area contributed by atoms with Crippen LogP contribution in [-0.4, -0.2) is 35.8 Å². The molecule has 2 aromatic rings. The molecule has 0 aromatic heterocycles. The summed E-state index contributed by atoms with van der Waals surface area (Å²) < 4.78 is 5.52. The van der Waals surface area contributed by atoms with Crippen LogP contribution in [0.3, 0.4) is 0 Å². The second-order valence-corrected chi connectivity index (χ2v) is 7.09. The Morgan fingerprint density at radius 2 is 1.79 bits per heavy atom. The van der Waals surface area contributed by atoms with Crippen LogP contribution in [0.15, 0.2) is 42.5 Å². The number of rotatable bonds is 7. The molecule has 0 atom stereocenters. The number of imide groups is 1. The van der Waals surface area contributed by atoms with Crippen molar-refractivity contribution in [3.8, 4) is 5.75 Å².